The number of aliphatic hydroxyl groups is 2. The van der Waals surface area contributed by atoms with Gasteiger partial charge in [0.2, 0.25) is 0 Å². The molecule has 0 heterocycles. The van der Waals surface area contributed by atoms with Gasteiger partial charge >= 0.3 is 0 Å². The summed E-state index contributed by atoms with van der Waals surface area (Å²) in [6.45, 7) is 4.10. The molecule has 0 spiro atoms. The third-order valence-electron chi connectivity index (χ3n) is 3.17. The fourth-order valence-electron chi connectivity index (χ4n) is 2.35. The van der Waals surface area contributed by atoms with Crippen LogP contribution in [-0.4, -0.2) is 16.3 Å². The first kappa shape index (κ1) is 14.2. The second-order valence-corrected chi connectivity index (χ2v) is 4.79. The smallest absolute Gasteiger partial charge is 0.0921 e. The van der Waals surface area contributed by atoms with E-state index in [1.54, 1.807) is 0 Å². The largest absolute Gasteiger partial charge is 0.393 e. The van der Waals surface area contributed by atoms with E-state index in [0.29, 0.717) is 12.8 Å². The Morgan fingerprint density at radius 2 is 1.76 bits per heavy atom. The minimum absolute atomic E-state index is 0.420. The van der Waals surface area contributed by atoms with E-state index in [0.717, 1.165) is 24.8 Å². The average Bonchev–Trinajstić information content (AvgIpc) is 2.30. The molecule has 2 heteroatoms. The van der Waals surface area contributed by atoms with Gasteiger partial charge in [0, 0.05) is 6.42 Å². The molecule has 0 aliphatic rings. The molecule has 2 unspecified atom stereocenters. The van der Waals surface area contributed by atoms with E-state index >= 15 is 0 Å². The molecule has 2 N–H and O–H groups in total. The third kappa shape index (κ3) is 4.14. The molecule has 0 saturated carbocycles. The summed E-state index contributed by atoms with van der Waals surface area (Å²) in [4.78, 5) is 0. The van der Waals surface area contributed by atoms with E-state index in [9.17, 15) is 10.2 Å². The van der Waals surface area contributed by atoms with Crippen LogP contribution in [-0.2, 0) is 5.60 Å². The lowest BCUT2D eigenvalue weighted by Gasteiger charge is -2.30. The first-order valence-electron chi connectivity index (χ1n) is 6.58. The Hall–Kier alpha value is -0.860. The third-order valence-corrected chi connectivity index (χ3v) is 3.17. The number of hydrogen-bond acceptors (Lipinski definition) is 2. The van der Waals surface area contributed by atoms with Crippen molar-refractivity contribution in [3.8, 4) is 0 Å². The molecule has 0 amide bonds. The van der Waals surface area contributed by atoms with Crippen LogP contribution in [0.15, 0.2) is 30.3 Å². The van der Waals surface area contributed by atoms with E-state index < -0.39 is 11.7 Å². The van der Waals surface area contributed by atoms with Crippen LogP contribution < -0.4 is 0 Å². The Labute approximate surface area is 104 Å². The molecule has 2 nitrogen and oxygen atoms in total. The highest BCUT2D eigenvalue weighted by atomic mass is 16.3. The van der Waals surface area contributed by atoms with Gasteiger partial charge in [0.25, 0.3) is 0 Å². The van der Waals surface area contributed by atoms with E-state index in [-0.39, 0.29) is 0 Å². The molecule has 0 radical (unpaired) electrons. The summed E-state index contributed by atoms with van der Waals surface area (Å²) in [5.41, 5.74) is 0.0296. The molecule has 0 aliphatic carbocycles. The molecule has 0 aromatic heterocycles. The lowest BCUT2D eigenvalue weighted by Crippen LogP contribution is -2.30. The summed E-state index contributed by atoms with van der Waals surface area (Å²) in [5, 5.41) is 20.6. The number of hydrogen-bond donors (Lipinski definition) is 2. The molecule has 0 saturated heterocycles. The predicted octanol–water partition coefficient (Wildman–Crippen LogP) is 3.23. The fraction of sp³-hybridized carbons (Fsp3) is 0.600. The van der Waals surface area contributed by atoms with Crippen LogP contribution in [0.3, 0.4) is 0 Å². The summed E-state index contributed by atoms with van der Waals surface area (Å²) < 4.78 is 0. The van der Waals surface area contributed by atoms with Gasteiger partial charge in [-0.1, -0.05) is 57.0 Å². The van der Waals surface area contributed by atoms with E-state index in [4.69, 9.17) is 0 Å². The lowest BCUT2D eigenvalue weighted by atomic mass is 9.83. The van der Waals surface area contributed by atoms with Crippen molar-refractivity contribution in [2.24, 2.45) is 0 Å². The van der Waals surface area contributed by atoms with E-state index in [1.807, 2.05) is 37.3 Å². The number of rotatable bonds is 7. The van der Waals surface area contributed by atoms with Crippen molar-refractivity contribution < 1.29 is 10.2 Å². The maximum absolute atomic E-state index is 10.7. The van der Waals surface area contributed by atoms with Crippen molar-refractivity contribution >= 4 is 0 Å². The Bertz CT molecular complexity index is 310. The van der Waals surface area contributed by atoms with Crippen LogP contribution in [0.1, 0.15) is 51.5 Å². The molecular weight excluding hydrogens is 212 g/mol. The average molecular weight is 236 g/mol. The predicted molar refractivity (Wildman–Crippen MR) is 70.8 cm³/mol. The molecule has 1 aromatic rings. The molecule has 1 aromatic carbocycles. The molecule has 0 aliphatic heterocycles. The minimum Gasteiger partial charge on any atom is -0.393 e. The van der Waals surface area contributed by atoms with Crippen molar-refractivity contribution in [3.05, 3.63) is 35.9 Å². The molecular formula is C15H24O2. The summed E-state index contributed by atoms with van der Waals surface area (Å²) in [7, 11) is 0. The van der Waals surface area contributed by atoms with Gasteiger partial charge in [-0.3, -0.25) is 0 Å². The fourth-order valence-corrected chi connectivity index (χ4v) is 2.35. The molecule has 17 heavy (non-hydrogen) atoms. The van der Waals surface area contributed by atoms with Crippen molar-refractivity contribution in [3.63, 3.8) is 0 Å². The van der Waals surface area contributed by atoms with Gasteiger partial charge in [-0.2, -0.15) is 0 Å². The number of aliphatic hydroxyl groups excluding tert-OH is 1. The monoisotopic (exact) mass is 236 g/mol. The summed E-state index contributed by atoms with van der Waals surface area (Å²) in [6, 6.07) is 9.69. The molecule has 1 rings (SSSR count). The van der Waals surface area contributed by atoms with Gasteiger partial charge in [-0.15, -0.1) is 0 Å². The molecule has 0 bridgehead atoms. The van der Waals surface area contributed by atoms with Crippen molar-refractivity contribution in [2.75, 3.05) is 0 Å². The van der Waals surface area contributed by atoms with Crippen LogP contribution in [0.25, 0.3) is 0 Å². The lowest BCUT2D eigenvalue weighted by molar-refractivity contribution is -0.0246. The van der Waals surface area contributed by atoms with Gasteiger partial charge < -0.3 is 10.2 Å². The highest BCUT2D eigenvalue weighted by Crippen LogP contribution is 2.32. The van der Waals surface area contributed by atoms with Crippen LogP contribution in [0, 0.1) is 0 Å². The zero-order valence-corrected chi connectivity index (χ0v) is 10.9. The Kier molecular flexibility index (Phi) is 5.66. The van der Waals surface area contributed by atoms with Crippen molar-refractivity contribution in [1.82, 2.24) is 0 Å². The molecule has 96 valence electrons. The van der Waals surface area contributed by atoms with E-state index in [2.05, 4.69) is 6.92 Å². The van der Waals surface area contributed by atoms with Gasteiger partial charge in [-0.05, 0) is 18.4 Å². The standard InChI is InChI=1S/C15H24O2/c1-3-8-14(16)12-15(17,11-4-2)13-9-6-5-7-10-13/h5-7,9-10,14,16-17H,3-4,8,11-12H2,1-2H3. The minimum atomic E-state index is -0.884. The quantitative estimate of drug-likeness (QED) is 0.763. The molecule has 2 atom stereocenters. The first-order chi connectivity index (χ1) is 8.12. The van der Waals surface area contributed by atoms with Gasteiger partial charge in [-0.25, -0.2) is 0 Å². The zero-order chi connectivity index (χ0) is 12.7. The van der Waals surface area contributed by atoms with Crippen molar-refractivity contribution in [2.45, 2.75) is 57.7 Å². The van der Waals surface area contributed by atoms with Crippen LogP contribution in [0.5, 0.6) is 0 Å². The SMILES string of the molecule is CCCC(O)CC(O)(CCC)c1ccccc1. The van der Waals surface area contributed by atoms with Gasteiger partial charge in [0.05, 0.1) is 11.7 Å². The zero-order valence-electron chi connectivity index (χ0n) is 10.9. The van der Waals surface area contributed by atoms with Crippen LogP contribution >= 0.6 is 0 Å². The Morgan fingerprint density at radius 1 is 1.12 bits per heavy atom. The Balaban J connectivity index is 2.82. The second-order valence-electron chi connectivity index (χ2n) is 4.79. The maximum atomic E-state index is 10.7. The van der Waals surface area contributed by atoms with Crippen molar-refractivity contribution in [1.29, 1.82) is 0 Å². The van der Waals surface area contributed by atoms with Gasteiger partial charge in [0.15, 0.2) is 0 Å². The normalized spacial score (nSPS) is 16.5. The first-order valence-corrected chi connectivity index (χ1v) is 6.58. The van der Waals surface area contributed by atoms with Gasteiger partial charge in [0.1, 0.15) is 0 Å². The van der Waals surface area contributed by atoms with E-state index in [1.165, 1.54) is 0 Å². The maximum Gasteiger partial charge on any atom is 0.0921 e. The highest BCUT2D eigenvalue weighted by Gasteiger charge is 2.30. The topological polar surface area (TPSA) is 40.5 Å². The van der Waals surface area contributed by atoms with Crippen LogP contribution in [0.2, 0.25) is 0 Å². The summed E-state index contributed by atoms with van der Waals surface area (Å²) >= 11 is 0. The second kappa shape index (κ2) is 6.77. The number of benzene rings is 1. The summed E-state index contributed by atoms with van der Waals surface area (Å²) in [5.74, 6) is 0. The molecule has 0 fully saturated rings. The summed E-state index contributed by atoms with van der Waals surface area (Å²) in [6.07, 6.45) is 3.30. The van der Waals surface area contributed by atoms with Crippen LogP contribution in [0.4, 0.5) is 0 Å². The highest BCUT2D eigenvalue weighted by molar-refractivity contribution is 5.22. The Morgan fingerprint density at radius 3 is 2.29 bits per heavy atom.